The average Bonchev–Trinajstić information content (AvgIpc) is 2.92. The van der Waals surface area contributed by atoms with E-state index in [0.29, 0.717) is 5.88 Å². The predicted octanol–water partition coefficient (Wildman–Crippen LogP) is 3.18. The van der Waals surface area contributed by atoms with E-state index in [1.165, 1.54) is 0 Å². The Kier molecular flexibility index (Phi) is 2.57. The first kappa shape index (κ1) is 11.8. The van der Waals surface area contributed by atoms with E-state index in [-0.39, 0.29) is 0 Å². The van der Waals surface area contributed by atoms with E-state index < -0.39 is 0 Å². The second-order valence-corrected chi connectivity index (χ2v) is 4.73. The highest BCUT2D eigenvalue weighted by Crippen LogP contribution is 2.26. The van der Waals surface area contributed by atoms with Gasteiger partial charge in [-0.25, -0.2) is 9.97 Å². The van der Waals surface area contributed by atoms with Crippen molar-refractivity contribution in [3.05, 3.63) is 48.9 Å². The molecule has 0 aliphatic carbocycles. The first-order valence-electron chi connectivity index (χ1n) is 6.58. The Labute approximate surface area is 120 Å². The van der Waals surface area contributed by atoms with E-state index in [1.807, 2.05) is 30.5 Å². The molecule has 0 atom stereocenters. The third-order valence-corrected chi connectivity index (χ3v) is 3.50. The maximum Gasteiger partial charge on any atom is 0.212 e. The fourth-order valence-electron chi connectivity index (χ4n) is 2.43. The number of methoxy groups -OCH3 is 1. The molecule has 5 nitrogen and oxygen atoms in total. The molecule has 0 aromatic carbocycles. The first-order valence-corrected chi connectivity index (χ1v) is 6.58. The molecule has 0 fully saturated rings. The van der Waals surface area contributed by atoms with Crippen LogP contribution < -0.4 is 4.74 Å². The smallest absolute Gasteiger partial charge is 0.212 e. The van der Waals surface area contributed by atoms with Crippen LogP contribution in [0, 0.1) is 0 Å². The van der Waals surface area contributed by atoms with Gasteiger partial charge in [0.1, 0.15) is 5.65 Å². The molecule has 5 heteroatoms. The molecule has 102 valence electrons. The summed E-state index contributed by atoms with van der Waals surface area (Å²) < 4.78 is 5.07. The van der Waals surface area contributed by atoms with E-state index in [2.05, 4.69) is 26.0 Å². The lowest BCUT2D eigenvalue weighted by Crippen LogP contribution is -1.89. The van der Waals surface area contributed by atoms with Crippen molar-refractivity contribution in [3.63, 3.8) is 0 Å². The van der Waals surface area contributed by atoms with E-state index in [0.717, 1.165) is 33.2 Å². The molecule has 0 radical (unpaired) electrons. The summed E-state index contributed by atoms with van der Waals surface area (Å²) in [5.74, 6) is 0.594. The number of pyridine rings is 3. The Hall–Kier alpha value is -2.95. The first-order chi connectivity index (χ1) is 10.3. The Morgan fingerprint density at radius 3 is 2.76 bits per heavy atom. The number of nitrogens with one attached hydrogen (secondary N) is 1. The Bertz CT molecular complexity index is 928. The molecule has 0 spiro atoms. The fourth-order valence-corrected chi connectivity index (χ4v) is 2.43. The van der Waals surface area contributed by atoms with Gasteiger partial charge in [-0.2, -0.15) is 0 Å². The second kappa shape index (κ2) is 4.56. The molecule has 0 bridgehead atoms. The summed E-state index contributed by atoms with van der Waals surface area (Å²) in [4.78, 5) is 16.4. The lowest BCUT2D eigenvalue weighted by molar-refractivity contribution is 0.398. The number of aromatic nitrogens is 4. The van der Waals surface area contributed by atoms with Crippen LogP contribution in [0.1, 0.15) is 0 Å². The van der Waals surface area contributed by atoms with Gasteiger partial charge in [0.25, 0.3) is 0 Å². The van der Waals surface area contributed by atoms with Gasteiger partial charge in [-0.15, -0.1) is 0 Å². The third-order valence-electron chi connectivity index (χ3n) is 3.50. The molecular weight excluding hydrogens is 264 g/mol. The number of ether oxygens (including phenoxy) is 1. The summed E-state index contributed by atoms with van der Waals surface area (Å²) in [7, 11) is 1.60. The number of fused-ring (bicyclic) bond motifs is 3. The standard InChI is InChI=1S/C16H12N4O/c1-21-15-5-2-10(8-18-15)13-4-3-11-12-9-17-7-6-14(12)20-16(11)19-13/h2-9H,1H3,(H,19,20). The van der Waals surface area contributed by atoms with Crippen LogP contribution in [0.3, 0.4) is 0 Å². The third kappa shape index (κ3) is 1.90. The van der Waals surface area contributed by atoms with Gasteiger partial charge in [-0.1, -0.05) is 0 Å². The zero-order valence-corrected chi connectivity index (χ0v) is 11.4. The molecule has 0 amide bonds. The summed E-state index contributed by atoms with van der Waals surface area (Å²) in [5, 5.41) is 2.16. The summed E-state index contributed by atoms with van der Waals surface area (Å²) in [6, 6.07) is 9.78. The normalized spacial score (nSPS) is 11.1. The fraction of sp³-hybridized carbons (Fsp3) is 0.0625. The van der Waals surface area contributed by atoms with Crippen LogP contribution >= 0.6 is 0 Å². The Morgan fingerprint density at radius 1 is 1.00 bits per heavy atom. The molecular formula is C16H12N4O. The number of hydrogen-bond donors (Lipinski definition) is 1. The quantitative estimate of drug-likeness (QED) is 0.610. The van der Waals surface area contributed by atoms with Crippen LogP contribution in [0.2, 0.25) is 0 Å². The van der Waals surface area contributed by atoms with Gasteiger partial charge in [0, 0.05) is 41.0 Å². The minimum Gasteiger partial charge on any atom is -0.481 e. The van der Waals surface area contributed by atoms with E-state index in [4.69, 9.17) is 4.74 Å². The zero-order chi connectivity index (χ0) is 14.2. The van der Waals surface area contributed by atoms with Gasteiger partial charge in [0.15, 0.2) is 0 Å². The van der Waals surface area contributed by atoms with Crippen molar-refractivity contribution < 1.29 is 4.74 Å². The van der Waals surface area contributed by atoms with Crippen molar-refractivity contribution in [2.24, 2.45) is 0 Å². The highest BCUT2D eigenvalue weighted by molar-refractivity contribution is 6.05. The molecule has 0 saturated heterocycles. The van der Waals surface area contributed by atoms with E-state index >= 15 is 0 Å². The van der Waals surface area contributed by atoms with Gasteiger partial charge >= 0.3 is 0 Å². The van der Waals surface area contributed by atoms with Gasteiger partial charge in [-0.05, 0) is 24.3 Å². The largest absolute Gasteiger partial charge is 0.481 e. The SMILES string of the molecule is COc1ccc(-c2ccc3c(n2)[nH]c2ccncc23)cn1. The number of H-pyrrole nitrogens is 1. The summed E-state index contributed by atoms with van der Waals surface area (Å²) >= 11 is 0. The zero-order valence-electron chi connectivity index (χ0n) is 11.4. The Balaban J connectivity index is 1.87. The van der Waals surface area contributed by atoms with Gasteiger partial charge in [0.05, 0.1) is 18.3 Å². The van der Waals surface area contributed by atoms with Crippen molar-refractivity contribution >= 4 is 21.9 Å². The topological polar surface area (TPSA) is 63.7 Å². The van der Waals surface area contributed by atoms with Gasteiger partial charge in [0.2, 0.25) is 5.88 Å². The molecule has 0 unspecified atom stereocenters. The van der Waals surface area contributed by atoms with Crippen LogP contribution in [0.25, 0.3) is 33.2 Å². The molecule has 0 aliphatic rings. The summed E-state index contributed by atoms with van der Waals surface area (Å²) in [5.41, 5.74) is 3.72. The van der Waals surface area contributed by atoms with Crippen molar-refractivity contribution in [3.8, 4) is 17.1 Å². The lowest BCUT2D eigenvalue weighted by atomic mass is 10.1. The lowest BCUT2D eigenvalue weighted by Gasteiger charge is -2.02. The molecule has 4 aromatic heterocycles. The van der Waals surface area contributed by atoms with Crippen molar-refractivity contribution in [2.75, 3.05) is 7.11 Å². The number of aromatic amines is 1. The van der Waals surface area contributed by atoms with E-state index in [1.54, 1.807) is 19.5 Å². The van der Waals surface area contributed by atoms with Crippen LogP contribution in [-0.2, 0) is 0 Å². The predicted molar refractivity (Wildman–Crippen MR) is 81.2 cm³/mol. The highest BCUT2D eigenvalue weighted by Gasteiger charge is 2.07. The van der Waals surface area contributed by atoms with Crippen molar-refractivity contribution in [2.45, 2.75) is 0 Å². The maximum absolute atomic E-state index is 5.07. The molecule has 21 heavy (non-hydrogen) atoms. The summed E-state index contributed by atoms with van der Waals surface area (Å²) in [6.07, 6.45) is 5.38. The van der Waals surface area contributed by atoms with Crippen LogP contribution in [-0.4, -0.2) is 27.0 Å². The van der Waals surface area contributed by atoms with Crippen LogP contribution in [0.4, 0.5) is 0 Å². The van der Waals surface area contributed by atoms with Gasteiger partial charge in [-0.3, -0.25) is 4.98 Å². The van der Waals surface area contributed by atoms with Crippen molar-refractivity contribution in [1.29, 1.82) is 0 Å². The molecule has 4 heterocycles. The van der Waals surface area contributed by atoms with Crippen molar-refractivity contribution in [1.82, 2.24) is 19.9 Å². The monoisotopic (exact) mass is 276 g/mol. The minimum absolute atomic E-state index is 0.594. The van der Waals surface area contributed by atoms with Gasteiger partial charge < -0.3 is 9.72 Å². The highest BCUT2D eigenvalue weighted by atomic mass is 16.5. The maximum atomic E-state index is 5.07. The molecule has 4 rings (SSSR count). The second-order valence-electron chi connectivity index (χ2n) is 4.73. The minimum atomic E-state index is 0.594. The number of rotatable bonds is 2. The van der Waals surface area contributed by atoms with Crippen LogP contribution in [0.15, 0.2) is 48.9 Å². The molecule has 4 aromatic rings. The number of nitrogens with zero attached hydrogens (tertiary/aromatic N) is 3. The van der Waals surface area contributed by atoms with E-state index in [9.17, 15) is 0 Å². The van der Waals surface area contributed by atoms with Crippen LogP contribution in [0.5, 0.6) is 5.88 Å². The molecule has 0 aliphatic heterocycles. The molecule has 1 N–H and O–H groups in total. The Morgan fingerprint density at radius 2 is 1.95 bits per heavy atom. The summed E-state index contributed by atoms with van der Waals surface area (Å²) in [6.45, 7) is 0. The average molecular weight is 276 g/mol. The molecule has 0 saturated carbocycles. The number of hydrogen-bond acceptors (Lipinski definition) is 4.